The molecule has 1 heterocycles. The van der Waals surface area contributed by atoms with Crippen molar-refractivity contribution in [1.82, 2.24) is 0 Å². The van der Waals surface area contributed by atoms with Gasteiger partial charge in [-0.15, -0.1) is 0 Å². The molecule has 1 aromatic carbocycles. The summed E-state index contributed by atoms with van der Waals surface area (Å²) >= 11 is 6.22. The highest BCUT2D eigenvalue weighted by Crippen LogP contribution is 2.30. The number of anilines is 1. The van der Waals surface area contributed by atoms with Gasteiger partial charge in [-0.3, -0.25) is 0 Å². The van der Waals surface area contributed by atoms with Gasteiger partial charge in [0.05, 0.1) is 23.9 Å². The van der Waals surface area contributed by atoms with Crippen LogP contribution in [-0.2, 0) is 4.74 Å². The molecule has 1 aromatic rings. The molecule has 1 aliphatic rings. The standard InChI is InChI=1S/C15H22ClNO2/c1-10(2)15-8-11(6-7-19-15)17-14-9-12(18-3)4-5-13(14)16/h4-5,9-11,15,17H,6-8H2,1-3H3. The zero-order chi connectivity index (χ0) is 13.8. The van der Waals surface area contributed by atoms with E-state index in [1.54, 1.807) is 7.11 Å². The Labute approximate surface area is 120 Å². The summed E-state index contributed by atoms with van der Waals surface area (Å²) in [6.07, 6.45) is 2.36. The summed E-state index contributed by atoms with van der Waals surface area (Å²) in [6.45, 7) is 5.21. The SMILES string of the molecule is COc1ccc(Cl)c(NC2CCOC(C(C)C)C2)c1. The second kappa shape index (κ2) is 6.49. The minimum absolute atomic E-state index is 0.329. The third-order valence-corrected chi connectivity index (χ3v) is 3.92. The number of ether oxygens (including phenoxy) is 2. The molecule has 1 aliphatic heterocycles. The summed E-state index contributed by atoms with van der Waals surface area (Å²) in [7, 11) is 1.66. The van der Waals surface area contributed by atoms with Crippen LogP contribution in [0.2, 0.25) is 5.02 Å². The maximum atomic E-state index is 6.22. The molecule has 1 fully saturated rings. The lowest BCUT2D eigenvalue weighted by atomic mass is 9.95. The van der Waals surface area contributed by atoms with E-state index in [9.17, 15) is 0 Å². The average Bonchev–Trinajstić information content (AvgIpc) is 2.41. The van der Waals surface area contributed by atoms with Crippen molar-refractivity contribution >= 4 is 17.3 Å². The van der Waals surface area contributed by atoms with Gasteiger partial charge in [0.1, 0.15) is 5.75 Å². The van der Waals surface area contributed by atoms with E-state index in [1.165, 1.54) is 0 Å². The Balaban J connectivity index is 2.04. The van der Waals surface area contributed by atoms with Gasteiger partial charge < -0.3 is 14.8 Å². The minimum Gasteiger partial charge on any atom is -0.497 e. The van der Waals surface area contributed by atoms with Gasteiger partial charge in [-0.1, -0.05) is 25.4 Å². The van der Waals surface area contributed by atoms with Crippen molar-refractivity contribution in [2.75, 3.05) is 19.0 Å². The van der Waals surface area contributed by atoms with Crippen LogP contribution < -0.4 is 10.1 Å². The molecule has 0 bridgehead atoms. The van der Waals surface area contributed by atoms with E-state index in [-0.39, 0.29) is 0 Å². The lowest BCUT2D eigenvalue weighted by molar-refractivity contribution is -0.0160. The van der Waals surface area contributed by atoms with Crippen molar-refractivity contribution in [2.45, 2.75) is 38.8 Å². The van der Waals surface area contributed by atoms with Crippen molar-refractivity contribution in [3.8, 4) is 5.75 Å². The van der Waals surface area contributed by atoms with E-state index >= 15 is 0 Å². The summed E-state index contributed by atoms with van der Waals surface area (Å²) in [5.74, 6) is 1.37. The molecule has 106 valence electrons. The molecule has 3 nitrogen and oxygen atoms in total. The Bertz CT molecular complexity index is 423. The van der Waals surface area contributed by atoms with Gasteiger partial charge in [-0.25, -0.2) is 0 Å². The highest BCUT2D eigenvalue weighted by Gasteiger charge is 2.25. The van der Waals surface area contributed by atoms with E-state index in [0.29, 0.717) is 18.1 Å². The topological polar surface area (TPSA) is 30.5 Å². The number of hydrogen-bond donors (Lipinski definition) is 1. The monoisotopic (exact) mass is 283 g/mol. The van der Waals surface area contributed by atoms with Crippen molar-refractivity contribution in [3.05, 3.63) is 23.2 Å². The Morgan fingerprint density at radius 2 is 2.21 bits per heavy atom. The lowest BCUT2D eigenvalue weighted by Gasteiger charge is -2.33. The third-order valence-electron chi connectivity index (χ3n) is 3.59. The van der Waals surface area contributed by atoms with Crippen LogP contribution in [-0.4, -0.2) is 25.9 Å². The molecule has 0 amide bonds. The number of rotatable bonds is 4. The average molecular weight is 284 g/mol. The maximum absolute atomic E-state index is 6.22. The second-order valence-electron chi connectivity index (χ2n) is 5.36. The number of methoxy groups -OCH3 is 1. The summed E-state index contributed by atoms with van der Waals surface area (Å²) in [4.78, 5) is 0. The fourth-order valence-corrected chi connectivity index (χ4v) is 2.56. The molecule has 19 heavy (non-hydrogen) atoms. The van der Waals surface area contributed by atoms with Crippen LogP contribution in [0.4, 0.5) is 5.69 Å². The normalized spacial score (nSPS) is 23.4. The highest BCUT2D eigenvalue weighted by molar-refractivity contribution is 6.33. The minimum atomic E-state index is 0.329. The van der Waals surface area contributed by atoms with Crippen molar-refractivity contribution < 1.29 is 9.47 Å². The molecule has 0 radical (unpaired) electrons. The van der Waals surface area contributed by atoms with Crippen LogP contribution in [0.3, 0.4) is 0 Å². The molecule has 1 saturated heterocycles. The molecule has 2 atom stereocenters. The van der Waals surface area contributed by atoms with Gasteiger partial charge in [0.15, 0.2) is 0 Å². The Kier molecular flexibility index (Phi) is 4.94. The van der Waals surface area contributed by atoms with Crippen LogP contribution in [0.15, 0.2) is 18.2 Å². The van der Waals surface area contributed by atoms with Crippen molar-refractivity contribution in [3.63, 3.8) is 0 Å². The van der Waals surface area contributed by atoms with Crippen LogP contribution in [0, 0.1) is 5.92 Å². The smallest absolute Gasteiger partial charge is 0.121 e. The van der Waals surface area contributed by atoms with Gasteiger partial charge in [0, 0.05) is 18.7 Å². The van der Waals surface area contributed by atoms with Crippen LogP contribution >= 0.6 is 11.6 Å². The second-order valence-corrected chi connectivity index (χ2v) is 5.77. The van der Waals surface area contributed by atoms with Crippen molar-refractivity contribution in [2.24, 2.45) is 5.92 Å². The summed E-state index contributed by atoms with van der Waals surface area (Å²) in [5, 5.41) is 4.25. The molecule has 2 unspecified atom stereocenters. The zero-order valence-corrected chi connectivity index (χ0v) is 12.5. The summed E-state index contributed by atoms with van der Waals surface area (Å²) in [5.41, 5.74) is 0.940. The highest BCUT2D eigenvalue weighted by atomic mass is 35.5. The van der Waals surface area contributed by atoms with Gasteiger partial charge >= 0.3 is 0 Å². The first-order chi connectivity index (χ1) is 9.10. The molecule has 1 N–H and O–H groups in total. The Morgan fingerprint density at radius 1 is 1.42 bits per heavy atom. The number of halogens is 1. The molecule has 0 spiro atoms. The number of nitrogens with one attached hydrogen (secondary N) is 1. The first kappa shape index (κ1) is 14.5. The molecule has 4 heteroatoms. The third kappa shape index (κ3) is 3.77. The van der Waals surface area contributed by atoms with Gasteiger partial charge in [-0.05, 0) is 30.9 Å². The fraction of sp³-hybridized carbons (Fsp3) is 0.600. The molecule has 2 rings (SSSR count). The van der Waals surface area contributed by atoms with Gasteiger partial charge in [-0.2, -0.15) is 0 Å². The Hall–Kier alpha value is -0.930. The molecular formula is C15H22ClNO2. The van der Waals surface area contributed by atoms with Crippen LogP contribution in [0.1, 0.15) is 26.7 Å². The predicted molar refractivity (Wildman–Crippen MR) is 79.2 cm³/mol. The molecule has 0 aromatic heterocycles. The van der Waals surface area contributed by atoms with Gasteiger partial charge in [0.25, 0.3) is 0 Å². The number of benzene rings is 1. The lowest BCUT2D eigenvalue weighted by Crippen LogP contribution is -2.36. The van der Waals surface area contributed by atoms with E-state index in [2.05, 4.69) is 19.2 Å². The zero-order valence-electron chi connectivity index (χ0n) is 11.8. The van der Waals surface area contributed by atoms with Gasteiger partial charge in [0.2, 0.25) is 0 Å². The first-order valence-electron chi connectivity index (χ1n) is 6.82. The molecule has 0 aliphatic carbocycles. The quantitative estimate of drug-likeness (QED) is 0.907. The predicted octanol–water partition coefficient (Wildman–Crippen LogP) is 3.96. The van der Waals surface area contributed by atoms with E-state index in [1.807, 2.05) is 18.2 Å². The van der Waals surface area contributed by atoms with E-state index in [0.717, 1.165) is 35.9 Å². The maximum Gasteiger partial charge on any atom is 0.121 e. The largest absolute Gasteiger partial charge is 0.497 e. The first-order valence-corrected chi connectivity index (χ1v) is 7.19. The molecule has 0 saturated carbocycles. The summed E-state index contributed by atoms with van der Waals surface area (Å²) in [6, 6.07) is 6.09. The van der Waals surface area contributed by atoms with E-state index < -0.39 is 0 Å². The van der Waals surface area contributed by atoms with Crippen molar-refractivity contribution in [1.29, 1.82) is 0 Å². The number of hydrogen-bond acceptors (Lipinski definition) is 3. The fourth-order valence-electron chi connectivity index (χ4n) is 2.39. The van der Waals surface area contributed by atoms with E-state index in [4.69, 9.17) is 21.1 Å². The van der Waals surface area contributed by atoms with Crippen LogP contribution in [0.25, 0.3) is 0 Å². The Morgan fingerprint density at radius 3 is 2.89 bits per heavy atom. The summed E-state index contributed by atoms with van der Waals surface area (Å²) < 4.78 is 11.0. The van der Waals surface area contributed by atoms with Crippen LogP contribution in [0.5, 0.6) is 5.75 Å². The molecular weight excluding hydrogens is 262 g/mol.